The molecule has 1 fully saturated rings. The lowest BCUT2D eigenvalue weighted by molar-refractivity contribution is 0.625. The molecule has 88 valence electrons. The molecule has 1 atom stereocenters. The van der Waals surface area contributed by atoms with Crippen molar-refractivity contribution < 1.29 is 0 Å². The predicted molar refractivity (Wildman–Crippen MR) is 67.3 cm³/mol. The third-order valence-corrected chi connectivity index (χ3v) is 2.91. The summed E-state index contributed by atoms with van der Waals surface area (Å²) in [5.41, 5.74) is 1.23. The number of hydrogen-bond acceptors (Lipinski definition) is 2. The third-order valence-electron chi connectivity index (χ3n) is 2.91. The molecule has 3 heteroatoms. The SMILES string of the molecule is CCCNC(C)/C=C/c1cncn1C1CC1. The number of imidazole rings is 1. The third kappa shape index (κ3) is 2.95. The van der Waals surface area contributed by atoms with Gasteiger partial charge in [-0.25, -0.2) is 4.98 Å². The highest BCUT2D eigenvalue weighted by Crippen LogP contribution is 2.35. The van der Waals surface area contributed by atoms with Crippen LogP contribution in [0, 0.1) is 0 Å². The number of rotatable bonds is 6. The molecule has 16 heavy (non-hydrogen) atoms. The van der Waals surface area contributed by atoms with Gasteiger partial charge in [0, 0.05) is 12.1 Å². The van der Waals surface area contributed by atoms with Gasteiger partial charge in [0.25, 0.3) is 0 Å². The Hall–Kier alpha value is -1.09. The number of aromatic nitrogens is 2. The number of nitrogens with zero attached hydrogens (tertiary/aromatic N) is 2. The van der Waals surface area contributed by atoms with Gasteiger partial charge in [-0.1, -0.05) is 13.0 Å². The molecule has 0 radical (unpaired) electrons. The Balaban J connectivity index is 1.91. The summed E-state index contributed by atoms with van der Waals surface area (Å²) in [6, 6.07) is 1.14. The van der Waals surface area contributed by atoms with Gasteiger partial charge in [-0.2, -0.15) is 0 Å². The fourth-order valence-corrected chi connectivity index (χ4v) is 1.78. The van der Waals surface area contributed by atoms with E-state index in [0.29, 0.717) is 12.1 Å². The fraction of sp³-hybridized carbons (Fsp3) is 0.615. The van der Waals surface area contributed by atoms with Gasteiger partial charge in [0.2, 0.25) is 0 Å². The molecule has 0 bridgehead atoms. The summed E-state index contributed by atoms with van der Waals surface area (Å²) >= 11 is 0. The van der Waals surface area contributed by atoms with Crippen LogP contribution >= 0.6 is 0 Å². The number of hydrogen-bond donors (Lipinski definition) is 1. The van der Waals surface area contributed by atoms with Crippen molar-refractivity contribution in [2.75, 3.05) is 6.54 Å². The van der Waals surface area contributed by atoms with Gasteiger partial charge < -0.3 is 9.88 Å². The van der Waals surface area contributed by atoms with Crippen LogP contribution in [0.25, 0.3) is 6.08 Å². The Morgan fingerprint density at radius 3 is 3.12 bits per heavy atom. The second-order valence-electron chi connectivity index (χ2n) is 4.56. The van der Waals surface area contributed by atoms with Crippen molar-refractivity contribution in [1.29, 1.82) is 0 Å². The molecule has 1 N–H and O–H groups in total. The quantitative estimate of drug-likeness (QED) is 0.797. The van der Waals surface area contributed by atoms with Gasteiger partial charge in [-0.15, -0.1) is 0 Å². The molecule has 0 aliphatic heterocycles. The maximum Gasteiger partial charge on any atom is 0.0953 e. The minimum Gasteiger partial charge on any atom is -0.328 e. The smallest absolute Gasteiger partial charge is 0.0953 e. The van der Waals surface area contributed by atoms with Gasteiger partial charge in [0.05, 0.1) is 18.2 Å². The van der Waals surface area contributed by atoms with Gasteiger partial charge in [0.1, 0.15) is 0 Å². The molecule has 0 amide bonds. The van der Waals surface area contributed by atoms with Crippen LogP contribution in [0.3, 0.4) is 0 Å². The first-order chi connectivity index (χ1) is 7.81. The van der Waals surface area contributed by atoms with Crippen LogP contribution < -0.4 is 5.32 Å². The average molecular weight is 219 g/mol. The normalized spacial score (nSPS) is 18.1. The first-order valence-corrected chi connectivity index (χ1v) is 6.24. The summed E-state index contributed by atoms with van der Waals surface area (Å²) in [6.45, 7) is 5.45. The van der Waals surface area contributed by atoms with Crippen molar-refractivity contribution in [1.82, 2.24) is 14.9 Å². The molecular formula is C13H21N3. The molecule has 1 aromatic rings. The highest BCUT2D eigenvalue weighted by Gasteiger charge is 2.24. The van der Waals surface area contributed by atoms with Crippen LogP contribution in [0.1, 0.15) is 44.8 Å². The van der Waals surface area contributed by atoms with Crippen LogP contribution in [0.4, 0.5) is 0 Å². The van der Waals surface area contributed by atoms with E-state index >= 15 is 0 Å². The van der Waals surface area contributed by atoms with Crippen molar-refractivity contribution in [2.24, 2.45) is 0 Å². The topological polar surface area (TPSA) is 29.9 Å². The molecule has 0 spiro atoms. The summed E-state index contributed by atoms with van der Waals surface area (Å²) < 4.78 is 2.28. The second kappa shape index (κ2) is 5.30. The maximum atomic E-state index is 4.21. The molecule has 0 aromatic carbocycles. The Morgan fingerprint density at radius 1 is 1.62 bits per heavy atom. The standard InChI is InChI=1S/C13H21N3/c1-3-8-15-11(2)4-5-13-9-14-10-16(13)12-6-7-12/h4-5,9-12,15H,3,6-8H2,1-2H3/b5-4+. The zero-order valence-electron chi connectivity index (χ0n) is 10.2. The monoisotopic (exact) mass is 219 g/mol. The largest absolute Gasteiger partial charge is 0.328 e. The summed E-state index contributed by atoms with van der Waals surface area (Å²) in [6.07, 6.45) is 12.1. The van der Waals surface area contributed by atoms with E-state index in [2.05, 4.69) is 40.9 Å². The lowest BCUT2D eigenvalue weighted by atomic mass is 10.2. The highest BCUT2D eigenvalue weighted by molar-refractivity contribution is 5.45. The van der Waals surface area contributed by atoms with E-state index in [1.54, 1.807) is 0 Å². The van der Waals surface area contributed by atoms with Crippen LogP contribution in [-0.4, -0.2) is 22.1 Å². The molecule has 1 saturated carbocycles. The molecule has 1 aliphatic rings. The van der Waals surface area contributed by atoms with E-state index in [4.69, 9.17) is 0 Å². The molecular weight excluding hydrogens is 198 g/mol. The summed E-state index contributed by atoms with van der Waals surface area (Å²) in [5, 5.41) is 3.44. The molecule has 3 nitrogen and oxygen atoms in total. The molecule has 0 saturated heterocycles. The van der Waals surface area contributed by atoms with Crippen LogP contribution in [-0.2, 0) is 0 Å². The van der Waals surface area contributed by atoms with Gasteiger partial charge >= 0.3 is 0 Å². The summed E-state index contributed by atoms with van der Waals surface area (Å²) in [4.78, 5) is 4.21. The van der Waals surface area contributed by atoms with Crippen molar-refractivity contribution in [2.45, 2.75) is 45.2 Å². The van der Waals surface area contributed by atoms with E-state index < -0.39 is 0 Å². The lowest BCUT2D eigenvalue weighted by Crippen LogP contribution is -2.24. The first kappa shape index (κ1) is 11.4. The second-order valence-corrected chi connectivity index (χ2v) is 4.56. The van der Waals surface area contributed by atoms with Crippen LogP contribution in [0.15, 0.2) is 18.6 Å². The van der Waals surface area contributed by atoms with Gasteiger partial charge in [-0.05, 0) is 38.8 Å². The van der Waals surface area contributed by atoms with E-state index in [0.717, 1.165) is 6.54 Å². The molecule has 1 heterocycles. The van der Waals surface area contributed by atoms with E-state index in [-0.39, 0.29) is 0 Å². The zero-order chi connectivity index (χ0) is 11.4. The Labute approximate surface area is 97.6 Å². The van der Waals surface area contributed by atoms with Crippen LogP contribution in [0.2, 0.25) is 0 Å². The molecule has 1 aliphatic carbocycles. The van der Waals surface area contributed by atoms with E-state index in [9.17, 15) is 0 Å². The predicted octanol–water partition coefficient (Wildman–Crippen LogP) is 2.62. The molecule has 1 unspecified atom stereocenters. The highest BCUT2D eigenvalue weighted by atomic mass is 15.1. The Bertz CT molecular complexity index is 350. The van der Waals surface area contributed by atoms with Crippen molar-refractivity contribution >= 4 is 6.08 Å². The lowest BCUT2D eigenvalue weighted by Gasteiger charge is -2.08. The number of nitrogens with one attached hydrogen (secondary N) is 1. The Kier molecular flexibility index (Phi) is 3.78. The van der Waals surface area contributed by atoms with Crippen molar-refractivity contribution in [3.05, 3.63) is 24.3 Å². The van der Waals surface area contributed by atoms with E-state index in [1.165, 1.54) is 25.0 Å². The minimum atomic E-state index is 0.433. The average Bonchev–Trinajstić information content (AvgIpc) is 3.03. The van der Waals surface area contributed by atoms with Gasteiger partial charge in [-0.3, -0.25) is 0 Å². The molecule has 2 rings (SSSR count). The Morgan fingerprint density at radius 2 is 2.44 bits per heavy atom. The van der Waals surface area contributed by atoms with Crippen molar-refractivity contribution in [3.8, 4) is 0 Å². The minimum absolute atomic E-state index is 0.433. The van der Waals surface area contributed by atoms with E-state index in [1.807, 2.05) is 12.5 Å². The van der Waals surface area contributed by atoms with Crippen LogP contribution in [0.5, 0.6) is 0 Å². The summed E-state index contributed by atoms with van der Waals surface area (Å²) in [7, 11) is 0. The zero-order valence-corrected chi connectivity index (χ0v) is 10.2. The van der Waals surface area contributed by atoms with Gasteiger partial charge in [0.15, 0.2) is 0 Å². The molecule has 1 aromatic heterocycles. The fourth-order valence-electron chi connectivity index (χ4n) is 1.78. The maximum absolute atomic E-state index is 4.21. The summed E-state index contributed by atoms with van der Waals surface area (Å²) in [5.74, 6) is 0. The van der Waals surface area contributed by atoms with Crippen molar-refractivity contribution in [3.63, 3.8) is 0 Å². The first-order valence-electron chi connectivity index (χ1n) is 6.24.